The average molecular weight is 461 g/mol. The van der Waals surface area contributed by atoms with Gasteiger partial charge in [0.05, 0.1) is 27.8 Å². The zero-order chi connectivity index (χ0) is 21.4. The van der Waals surface area contributed by atoms with Gasteiger partial charge in [0.1, 0.15) is 4.90 Å². The number of halogens is 2. The molecule has 3 aromatic carbocycles. The van der Waals surface area contributed by atoms with Gasteiger partial charge in [0.15, 0.2) is 0 Å². The van der Waals surface area contributed by atoms with Crippen molar-refractivity contribution in [3.05, 3.63) is 69.7 Å². The number of nitrogens with zero attached hydrogens (tertiary/aromatic N) is 1. The van der Waals surface area contributed by atoms with E-state index in [2.05, 4.69) is 4.98 Å². The molecule has 7 nitrogen and oxygen atoms in total. The summed E-state index contributed by atoms with van der Waals surface area (Å²) in [6.07, 6.45) is 0. The van der Waals surface area contributed by atoms with Crippen LogP contribution in [0.4, 0.5) is 5.69 Å². The van der Waals surface area contributed by atoms with Crippen molar-refractivity contribution in [1.29, 1.82) is 0 Å². The number of aromatic amines is 1. The first-order valence-electron chi connectivity index (χ1n) is 8.56. The van der Waals surface area contributed by atoms with Crippen LogP contribution >= 0.6 is 23.2 Å². The van der Waals surface area contributed by atoms with Gasteiger partial charge in [-0.2, -0.15) is 8.42 Å². The maximum Gasteiger partial charge on any atom is 0.296 e. The number of carbonyl (C=O) groups excluding carboxylic acids is 2. The number of aromatic nitrogens is 1. The fraction of sp³-hybridized carbons (Fsp3) is 0. The minimum Gasteiger partial charge on any atom is -0.352 e. The second-order valence-electron chi connectivity index (χ2n) is 6.77. The van der Waals surface area contributed by atoms with E-state index < -0.39 is 26.8 Å². The van der Waals surface area contributed by atoms with Crippen molar-refractivity contribution in [3.63, 3.8) is 0 Å². The van der Waals surface area contributed by atoms with Crippen LogP contribution in [0.5, 0.6) is 0 Å². The summed E-state index contributed by atoms with van der Waals surface area (Å²) in [5.74, 6) is -1.04. The highest BCUT2D eigenvalue weighted by atomic mass is 35.5. The maximum absolute atomic E-state index is 12.9. The highest BCUT2D eigenvalue weighted by Gasteiger charge is 2.37. The first-order chi connectivity index (χ1) is 14.2. The number of hydrogen-bond donors (Lipinski definition) is 2. The molecule has 0 saturated heterocycles. The SMILES string of the molecule is O=C1c2ccccc2C(=O)N1c1cc(Cl)cc2c1[nH]c1c(S(=O)(=O)O)cc(Cl)cc12. The molecule has 0 radical (unpaired) electrons. The van der Waals surface area contributed by atoms with Gasteiger partial charge in [-0.25, -0.2) is 4.90 Å². The van der Waals surface area contributed by atoms with Crippen molar-refractivity contribution in [2.45, 2.75) is 4.90 Å². The van der Waals surface area contributed by atoms with E-state index in [1.807, 2.05) is 0 Å². The monoisotopic (exact) mass is 460 g/mol. The Bertz CT molecular complexity index is 1510. The standard InChI is InChI=1S/C20H10Cl2N2O5S/c21-9-5-13-14-6-10(22)8-16(30(27,28)29)18(14)23-17(13)15(7-9)24-19(25)11-3-1-2-4-12(11)20(24)26/h1-8,23H,(H,27,28,29). The first-order valence-corrected chi connectivity index (χ1v) is 10.8. The van der Waals surface area contributed by atoms with E-state index >= 15 is 0 Å². The smallest absolute Gasteiger partial charge is 0.296 e. The van der Waals surface area contributed by atoms with Crippen molar-refractivity contribution >= 4 is 72.6 Å². The van der Waals surface area contributed by atoms with Crippen LogP contribution in [-0.2, 0) is 10.1 Å². The Morgan fingerprint density at radius 3 is 1.93 bits per heavy atom. The number of amides is 2. The summed E-state index contributed by atoms with van der Waals surface area (Å²) in [4.78, 5) is 29.4. The van der Waals surface area contributed by atoms with Gasteiger partial charge in [-0.15, -0.1) is 0 Å². The summed E-state index contributed by atoms with van der Waals surface area (Å²) in [6, 6.07) is 12.0. The molecule has 0 spiro atoms. The molecular formula is C20H10Cl2N2O5S. The molecule has 2 heterocycles. The van der Waals surface area contributed by atoms with Gasteiger partial charge in [-0.3, -0.25) is 14.1 Å². The highest BCUT2D eigenvalue weighted by Crippen LogP contribution is 2.40. The molecule has 1 aliphatic rings. The van der Waals surface area contributed by atoms with Crippen LogP contribution in [0.25, 0.3) is 21.8 Å². The van der Waals surface area contributed by atoms with Crippen molar-refractivity contribution in [2.24, 2.45) is 0 Å². The van der Waals surface area contributed by atoms with Gasteiger partial charge in [0, 0.05) is 20.8 Å². The van der Waals surface area contributed by atoms with E-state index in [9.17, 15) is 22.6 Å². The third-order valence-corrected chi connectivity index (χ3v) is 6.32. The Labute approximate surface area is 179 Å². The molecule has 0 fully saturated rings. The lowest BCUT2D eigenvalue weighted by atomic mass is 10.1. The lowest BCUT2D eigenvalue weighted by Gasteiger charge is -2.15. The summed E-state index contributed by atoms with van der Waals surface area (Å²) in [7, 11) is -4.60. The van der Waals surface area contributed by atoms with E-state index in [-0.39, 0.29) is 32.4 Å². The maximum atomic E-state index is 12.9. The second kappa shape index (κ2) is 6.29. The zero-order valence-corrected chi connectivity index (χ0v) is 17.1. The van der Waals surface area contributed by atoms with Crippen LogP contribution in [-0.4, -0.2) is 29.8 Å². The summed E-state index contributed by atoms with van der Waals surface area (Å²) in [5, 5.41) is 1.11. The summed E-state index contributed by atoms with van der Waals surface area (Å²) in [5.41, 5.74) is 1.06. The van der Waals surface area contributed by atoms with Crippen LogP contribution in [0.15, 0.2) is 53.4 Å². The van der Waals surface area contributed by atoms with Gasteiger partial charge >= 0.3 is 0 Å². The number of H-pyrrole nitrogens is 1. The molecule has 1 aromatic heterocycles. The van der Waals surface area contributed by atoms with Crippen molar-refractivity contribution in [2.75, 3.05) is 4.90 Å². The number of hydrogen-bond acceptors (Lipinski definition) is 4. The number of nitrogens with one attached hydrogen (secondary N) is 1. The minimum absolute atomic E-state index is 0.0806. The predicted octanol–water partition coefficient (Wildman–Crippen LogP) is 4.68. The summed E-state index contributed by atoms with van der Waals surface area (Å²) in [6.45, 7) is 0. The molecule has 2 N–H and O–H groups in total. The van der Waals surface area contributed by atoms with Crippen LogP contribution in [0.3, 0.4) is 0 Å². The Kier molecular flexibility index (Phi) is 4.00. The second-order valence-corrected chi connectivity index (χ2v) is 9.03. The third kappa shape index (κ3) is 2.65. The van der Waals surface area contributed by atoms with Crippen LogP contribution in [0, 0.1) is 0 Å². The Morgan fingerprint density at radius 2 is 1.37 bits per heavy atom. The first kappa shape index (κ1) is 19.1. The Hall–Kier alpha value is -2.91. The lowest BCUT2D eigenvalue weighted by molar-refractivity contribution is 0.0926. The van der Waals surface area contributed by atoms with Gasteiger partial charge in [0.2, 0.25) is 0 Å². The van der Waals surface area contributed by atoms with Gasteiger partial charge < -0.3 is 4.98 Å². The zero-order valence-electron chi connectivity index (χ0n) is 14.8. The third-order valence-electron chi connectivity index (χ3n) is 5.00. The molecule has 0 aliphatic carbocycles. The minimum atomic E-state index is -4.60. The number of carbonyl (C=O) groups is 2. The fourth-order valence-corrected chi connectivity index (χ4v) is 4.96. The van der Waals surface area contributed by atoms with Crippen molar-refractivity contribution in [1.82, 2.24) is 4.98 Å². The summed E-state index contributed by atoms with van der Waals surface area (Å²) < 4.78 is 33.4. The van der Waals surface area contributed by atoms with E-state index in [4.69, 9.17) is 23.2 Å². The molecule has 0 bridgehead atoms. The highest BCUT2D eigenvalue weighted by molar-refractivity contribution is 7.86. The number of benzene rings is 3. The van der Waals surface area contributed by atoms with E-state index in [0.717, 1.165) is 11.0 Å². The topological polar surface area (TPSA) is 108 Å². The molecule has 0 unspecified atom stereocenters. The molecule has 1 aliphatic heterocycles. The molecule has 30 heavy (non-hydrogen) atoms. The lowest BCUT2D eigenvalue weighted by Crippen LogP contribution is -2.29. The number of fused-ring (bicyclic) bond motifs is 4. The molecule has 0 atom stereocenters. The predicted molar refractivity (Wildman–Crippen MR) is 113 cm³/mol. The Morgan fingerprint density at radius 1 is 0.833 bits per heavy atom. The molecule has 10 heteroatoms. The quantitative estimate of drug-likeness (QED) is 0.333. The van der Waals surface area contributed by atoms with E-state index in [1.165, 1.54) is 12.1 Å². The molecule has 150 valence electrons. The average Bonchev–Trinajstić information content (AvgIpc) is 3.16. The largest absolute Gasteiger partial charge is 0.352 e. The fourth-order valence-electron chi connectivity index (χ4n) is 3.77. The van der Waals surface area contributed by atoms with Crippen LogP contribution in [0.1, 0.15) is 20.7 Å². The molecule has 2 amide bonds. The molecule has 0 saturated carbocycles. The van der Waals surface area contributed by atoms with Gasteiger partial charge in [-0.05, 0) is 36.4 Å². The molecule has 5 rings (SSSR count). The number of rotatable bonds is 2. The van der Waals surface area contributed by atoms with E-state index in [1.54, 1.807) is 30.3 Å². The van der Waals surface area contributed by atoms with Crippen molar-refractivity contribution in [3.8, 4) is 0 Å². The number of imide groups is 1. The normalized spacial score (nSPS) is 14.2. The molecule has 4 aromatic rings. The van der Waals surface area contributed by atoms with Crippen LogP contribution < -0.4 is 4.90 Å². The molecular weight excluding hydrogens is 451 g/mol. The Balaban J connectivity index is 1.86. The number of anilines is 1. The van der Waals surface area contributed by atoms with E-state index in [0.29, 0.717) is 16.3 Å². The van der Waals surface area contributed by atoms with Crippen LogP contribution in [0.2, 0.25) is 10.0 Å². The van der Waals surface area contributed by atoms with Crippen molar-refractivity contribution < 1.29 is 22.6 Å². The van der Waals surface area contributed by atoms with Gasteiger partial charge in [-0.1, -0.05) is 35.3 Å². The van der Waals surface area contributed by atoms with Gasteiger partial charge in [0.25, 0.3) is 21.9 Å². The summed E-state index contributed by atoms with van der Waals surface area (Å²) >= 11 is 12.3.